The van der Waals surface area contributed by atoms with Gasteiger partial charge in [-0.05, 0) is 0 Å². The first-order chi connectivity index (χ1) is 2.56. The van der Waals surface area contributed by atoms with E-state index in [2.05, 4.69) is 4.43 Å². The van der Waals surface area contributed by atoms with Crippen molar-refractivity contribution in [1.29, 1.82) is 0 Å². The molecule has 0 aromatic rings. The van der Waals surface area contributed by atoms with Crippen LogP contribution < -0.4 is 0 Å². The Bertz CT molecular complexity index is 43.8. The van der Waals surface area contributed by atoms with Gasteiger partial charge in [0.25, 0.3) is 0 Å². The van der Waals surface area contributed by atoms with Gasteiger partial charge in [-0.25, -0.2) is 0 Å². The van der Waals surface area contributed by atoms with Gasteiger partial charge < -0.3 is 18.8 Å². The Balaban J connectivity index is -0.000000125. The molecule has 0 heterocycles. The van der Waals surface area contributed by atoms with Crippen molar-refractivity contribution < 1.29 is 18.8 Å². The van der Waals surface area contributed by atoms with Crippen LogP contribution in [-0.4, -0.2) is 89.7 Å². The molecule has 0 atom stereocenters. The van der Waals surface area contributed by atoms with Crippen LogP contribution in [0.25, 0.3) is 0 Å². The molecule has 0 aromatic carbocycles. The van der Waals surface area contributed by atoms with Crippen molar-refractivity contribution in [2.45, 2.75) is 0 Å². The summed E-state index contributed by atoms with van der Waals surface area (Å²) in [7, 11) is -3.11. The van der Waals surface area contributed by atoms with E-state index in [9.17, 15) is 0 Å². The van der Waals surface area contributed by atoms with Gasteiger partial charge in [-0.15, -0.1) is 0 Å². The van der Waals surface area contributed by atoms with E-state index in [0.717, 1.165) is 7.11 Å². The van der Waals surface area contributed by atoms with E-state index in [4.69, 9.17) is 14.4 Å². The molecular weight excluding hydrogens is 150 g/mol. The van der Waals surface area contributed by atoms with Crippen molar-refractivity contribution in [3.8, 4) is 0 Å². The molecule has 42 valence electrons. The van der Waals surface area contributed by atoms with Crippen molar-refractivity contribution in [2.75, 3.05) is 7.11 Å². The van der Waals surface area contributed by atoms with Crippen LogP contribution in [-0.2, 0) is 4.43 Å². The van der Waals surface area contributed by atoms with Crippen LogP contribution in [0.15, 0.2) is 0 Å². The molecule has 0 unspecified atom stereocenters. The van der Waals surface area contributed by atoms with Crippen molar-refractivity contribution in [1.82, 2.24) is 0 Å². The Labute approximate surface area is 92.9 Å². The molecule has 0 bridgehead atoms. The first-order valence-electron chi connectivity index (χ1n) is 1.28. The second-order valence-corrected chi connectivity index (χ2v) is 2.33. The second kappa shape index (κ2) is 7.17. The second-order valence-electron chi connectivity index (χ2n) is 0.778. The first kappa shape index (κ1) is 16.6. The summed E-state index contributed by atoms with van der Waals surface area (Å²) >= 11 is 0. The summed E-state index contributed by atoms with van der Waals surface area (Å²) in [6.07, 6.45) is 0. The third-order valence-electron chi connectivity index (χ3n) is 0.274. The third-order valence-corrected chi connectivity index (χ3v) is 0.822. The molecule has 0 aliphatic carbocycles. The minimum atomic E-state index is -4.13. The molecule has 7 heteroatoms. The summed E-state index contributed by atoms with van der Waals surface area (Å²) in [6.45, 7) is 0. The quantitative estimate of drug-likeness (QED) is 0.350. The van der Waals surface area contributed by atoms with Crippen LogP contribution in [0.1, 0.15) is 0 Å². The van der Waals surface area contributed by atoms with Crippen LogP contribution in [0.5, 0.6) is 0 Å². The van der Waals surface area contributed by atoms with E-state index in [1.807, 2.05) is 0 Å². The van der Waals surface area contributed by atoms with Gasteiger partial charge in [-0.1, -0.05) is 0 Å². The maximum absolute atomic E-state index is 7.85. The summed E-state index contributed by atoms with van der Waals surface area (Å²) < 4.78 is 3.74. The molecule has 0 radical (unpaired) electrons. The average molecular weight is 158 g/mol. The van der Waals surface area contributed by atoms with E-state index in [0.29, 0.717) is 0 Å². The zero-order valence-electron chi connectivity index (χ0n) is 3.25. The minimum absolute atomic E-state index is 0. The van der Waals surface area contributed by atoms with Gasteiger partial charge in [0.15, 0.2) is 0 Å². The van der Waals surface area contributed by atoms with Gasteiger partial charge in [-0.3, -0.25) is 0 Å². The van der Waals surface area contributed by atoms with Gasteiger partial charge in [-0.2, -0.15) is 0 Å². The summed E-state index contributed by atoms with van der Waals surface area (Å²) in [5.41, 5.74) is 0. The van der Waals surface area contributed by atoms with Gasteiger partial charge in [0.05, 0.1) is 0 Å². The fraction of sp³-hybridized carbons (Fsp3) is 1.00. The molecule has 0 aromatic heterocycles. The Hall–Kier alpha value is 2.06. The molecule has 0 aliphatic rings. The van der Waals surface area contributed by atoms with Crippen LogP contribution in [0.4, 0.5) is 0 Å². The molecular formula is CH8Na2O4Si. The van der Waals surface area contributed by atoms with Crippen molar-refractivity contribution in [2.24, 2.45) is 0 Å². The normalized spacial score (nSPS) is 9.00. The van der Waals surface area contributed by atoms with Crippen LogP contribution in [0.3, 0.4) is 0 Å². The Morgan fingerprint density at radius 2 is 1.25 bits per heavy atom. The Morgan fingerprint density at radius 3 is 1.25 bits per heavy atom. The zero-order chi connectivity index (χ0) is 5.21. The maximum atomic E-state index is 7.85. The first-order valence-corrected chi connectivity index (χ1v) is 3.03. The summed E-state index contributed by atoms with van der Waals surface area (Å²) in [5.74, 6) is 0. The fourth-order valence-corrected chi connectivity index (χ4v) is 0. The zero-order valence-corrected chi connectivity index (χ0v) is 4.25. The summed E-state index contributed by atoms with van der Waals surface area (Å²) in [5, 5.41) is 0. The average Bonchev–Trinajstić information content (AvgIpc) is 1.35. The van der Waals surface area contributed by atoms with E-state index in [1.165, 1.54) is 0 Å². The van der Waals surface area contributed by atoms with E-state index in [1.54, 1.807) is 0 Å². The topological polar surface area (TPSA) is 69.9 Å². The van der Waals surface area contributed by atoms with E-state index >= 15 is 0 Å². The molecule has 3 N–H and O–H groups in total. The summed E-state index contributed by atoms with van der Waals surface area (Å²) in [4.78, 5) is 23.6. The van der Waals surface area contributed by atoms with Crippen molar-refractivity contribution in [3.63, 3.8) is 0 Å². The van der Waals surface area contributed by atoms with Crippen molar-refractivity contribution >= 4 is 68.2 Å². The predicted octanol–water partition coefficient (Wildman–Crippen LogP) is -3.25. The van der Waals surface area contributed by atoms with E-state index < -0.39 is 9.05 Å². The number of hydrogen-bond acceptors (Lipinski definition) is 4. The molecule has 0 saturated heterocycles. The monoisotopic (exact) mass is 158 g/mol. The standard InChI is InChI=1S/CH6O4Si.2Na.2H/c1-5-6(2,3)4;;;;/h2-4H,1H3;;;;. The van der Waals surface area contributed by atoms with Gasteiger partial charge in [0, 0.05) is 7.11 Å². The number of hydrogen-bond donors (Lipinski definition) is 3. The van der Waals surface area contributed by atoms with Gasteiger partial charge >= 0.3 is 68.2 Å². The van der Waals surface area contributed by atoms with E-state index in [-0.39, 0.29) is 59.1 Å². The Kier molecular flexibility index (Phi) is 14.8. The van der Waals surface area contributed by atoms with Crippen LogP contribution in [0, 0.1) is 0 Å². The van der Waals surface area contributed by atoms with Crippen molar-refractivity contribution in [3.05, 3.63) is 0 Å². The molecule has 0 fully saturated rings. The molecule has 8 heavy (non-hydrogen) atoms. The number of rotatable bonds is 1. The predicted molar refractivity (Wildman–Crippen MR) is 33.7 cm³/mol. The third kappa shape index (κ3) is 15.7. The van der Waals surface area contributed by atoms with Crippen LogP contribution >= 0.6 is 0 Å². The van der Waals surface area contributed by atoms with Crippen LogP contribution in [0.2, 0.25) is 0 Å². The molecule has 4 nitrogen and oxygen atoms in total. The molecule has 0 rings (SSSR count). The molecule has 0 saturated carbocycles. The molecule has 0 aliphatic heterocycles. The molecule has 0 amide bonds. The van der Waals surface area contributed by atoms with Gasteiger partial charge in [0.2, 0.25) is 0 Å². The molecule has 0 spiro atoms. The SMILES string of the molecule is CO[Si](O)(O)O.[NaH].[NaH]. The summed E-state index contributed by atoms with van der Waals surface area (Å²) in [6, 6.07) is 0. The fourth-order valence-electron chi connectivity index (χ4n) is 0. The Morgan fingerprint density at radius 1 is 1.12 bits per heavy atom. The van der Waals surface area contributed by atoms with Gasteiger partial charge in [0.1, 0.15) is 0 Å².